The Kier molecular flexibility index (Phi) is 2.52. The lowest BCUT2D eigenvalue weighted by Gasteiger charge is -2.03. The Bertz CT molecular complexity index is 277. The van der Waals surface area contributed by atoms with E-state index in [1.807, 2.05) is 0 Å². The van der Waals surface area contributed by atoms with Gasteiger partial charge in [-0.05, 0) is 18.6 Å². The van der Waals surface area contributed by atoms with E-state index in [1.54, 1.807) is 6.92 Å². The summed E-state index contributed by atoms with van der Waals surface area (Å²) in [5.41, 5.74) is 0.550. The first-order chi connectivity index (χ1) is 5.59. The van der Waals surface area contributed by atoms with Crippen LogP contribution in [0.2, 0.25) is 0 Å². The molecule has 0 amide bonds. The van der Waals surface area contributed by atoms with Crippen LogP contribution in [0, 0.1) is 12.7 Å². The van der Waals surface area contributed by atoms with Crippen LogP contribution >= 0.6 is 0 Å². The zero-order valence-electron chi connectivity index (χ0n) is 6.22. The van der Waals surface area contributed by atoms with Gasteiger partial charge in [-0.25, -0.2) is 9.37 Å². The van der Waals surface area contributed by atoms with E-state index in [0.717, 1.165) is 6.07 Å². The van der Waals surface area contributed by atoms with E-state index in [9.17, 15) is 13.2 Å². The first kappa shape index (κ1) is 8.83. The molecule has 0 aliphatic carbocycles. The van der Waals surface area contributed by atoms with Crippen LogP contribution in [0.4, 0.5) is 13.2 Å². The van der Waals surface area contributed by atoms with Gasteiger partial charge in [0, 0.05) is 6.20 Å². The van der Waals surface area contributed by atoms with Crippen LogP contribution in [0.15, 0.2) is 12.3 Å². The molecule has 0 spiro atoms. The second kappa shape index (κ2) is 3.42. The highest BCUT2D eigenvalue weighted by Crippen LogP contribution is 2.15. The maximum atomic E-state index is 12.7. The number of rotatable bonds is 2. The number of hydrogen-bond acceptors (Lipinski definition) is 2. The van der Waals surface area contributed by atoms with Crippen molar-refractivity contribution in [2.75, 3.05) is 0 Å². The summed E-state index contributed by atoms with van der Waals surface area (Å²) in [6.07, 6.45) is 1.25. The molecule has 5 heteroatoms. The van der Waals surface area contributed by atoms with Gasteiger partial charge in [0.05, 0.1) is 0 Å². The first-order valence-corrected chi connectivity index (χ1v) is 3.16. The molecular formula is C7H6F3NO. The molecule has 0 atom stereocenters. The lowest BCUT2D eigenvalue weighted by molar-refractivity contribution is -0.0553. The minimum absolute atomic E-state index is 0.550. The first-order valence-electron chi connectivity index (χ1n) is 3.16. The van der Waals surface area contributed by atoms with E-state index in [-0.39, 0.29) is 0 Å². The zero-order valence-corrected chi connectivity index (χ0v) is 6.22. The van der Waals surface area contributed by atoms with Crippen LogP contribution in [0.3, 0.4) is 0 Å². The number of halogens is 3. The molecule has 12 heavy (non-hydrogen) atoms. The van der Waals surface area contributed by atoms with E-state index >= 15 is 0 Å². The van der Waals surface area contributed by atoms with E-state index in [2.05, 4.69) is 9.72 Å². The summed E-state index contributed by atoms with van der Waals surface area (Å²) < 4.78 is 39.6. The molecule has 66 valence electrons. The predicted octanol–water partition coefficient (Wildman–Crippen LogP) is 2.13. The van der Waals surface area contributed by atoms with Crippen molar-refractivity contribution in [1.29, 1.82) is 0 Å². The van der Waals surface area contributed by atoms with Gasteiger partial charge in [0.2, 0.25) is 0 Å². The second-order valence-corrected chi connectivity index (χ2v) is 2.18. The van der Waals surface area contributed by atoms with E-state index in [4.69, 9.17) is 0 Å². The molecule has 0 bridgehead atoms. The molecule has 0 N–H and O–H groups in total. The van der Waals surface area contributed by atoms with Crippen LogP contribution in [-0.4, -0.2) is 11.6 Å². The number of nitrogens with zero attached hydrogens (tertiary/aromatic N) is 1. The number of hydrogen-bond donors (Lipinski definition) is 0. The highest BCUT2D eigenvalue weighted by atomic mass is 19.3. The van der Waals surface area contributed by atoms with Crippen molar-refractivity contribution in [3.8, 4) is 5.88 Å². The Morgan fingerprint density at radius 2 is 2.17 bits per heavy atom. The predicted molar refractivity (Wildman–Crippen MR) is 35.6 cm³/mol. The Morgan fingerprint density at radius 3 is 2.67 bits per heavy atom. The highest BCUT2D eigenvalue weighted by molar-refractivity contribution is 5.18. The molecule has 0 aliphatic heterocycles. The van der Waals surface area contributed by atoms with Crippen molar-refractivity contribution in [3.05, 3.63) is 23.6 Å². The van der Waals surface area contributed by atoms with Crippen molar-refractivity contribution < 1.29 is 17.9 Å². The summed E-state index contributed by atoms with van der Waals surface area (Å²) in [4.78, 5) is 3.34. The lowest BCUT2D eigenvalue weighted by Crippen LogP contribution is -2.05. The molecule has 1 aromatic rings. The number of ether oxygens (including phenoxy) is 1. The van der Waals surface area contributed by atoms with E-state index < -0.39 is 18.3 Å². The lowest BCUT2D eigenvalue weighted by atomic mass is 10.3. The van der Waals surface area contributed by atoms with Crippen LogP contribution < -0.4 is 4.74 Å². The van der Waals surface area contributed by atoms with Crippen molar-refractivity contribution in [2.24, 2.45) is 0 Å². The molecular weight excluding hydrogens is 171 g/mol. The van der Waals surface area contributed by atoms with Gasteiger partial charge in [0.15, 0.2) is 5.82 Å². The minimum atomic E-state index is -3.05. The summed E-state index contributed by atoms with van der Waals surface area (Å²) in [5.74, 6) is -1.55. The number of aromatic nitrogens is 1. The second-order valence-electron chi connectivity index (χ2n) is 2.18. The Labute approximate surface area is 67.0 Å². The third kappa shape index (κ3) is 2.11. The molecule has 0 saturated heterocycles. The smallest absolute Gasteiger partial charge is 0.388 e. The Hall–Kier alpha value is -1.26. The van der Waals surface area contributed by atoms with Gasteiger partial charge < -0.3 is 4.74 Å². The fourth-order valence-corrected chi connectivity index (χ4v) is 0.692. The van der Waals surface area contributed by atoms with Crippen molar-refractivity contribution in [2.45, 2.75) is 13.5 Å². The summed E-state index contributed by atoms with van der Waals surface area (Å²) in [6, 6.07) is 1.07. The van der Waals surface area contributed by atoms with Gasteiger partial charge >= 0.3 is 6.61 Å². The highest BCUT2D eigenvalue weighted by Gasteiger charge is 2.10. The van der Waals surface area contributed by atoms with E-state index in [1.165, 1.54) is 6.20 Å². The van der Waals surface area contributed by atoms with Gasteiger partial charge in [0.1, 0.15) is 0 Å². The molecule has 0 unspecified atom stereocenters. The van der Waals surface area contributed by atoms with Crippen molar-refractivity contribution >= 4 is 0 Å². The molecule has 0 saturated carbocycles. The molecule has 0 fully saturated rings. The third-order valence-electron chi connectivity index (χ3n) is 1.14. The molecule has 1 heterocycles. The van der Waals surface area contributed by atoms with Crippen molar-refractivity contribution in [1.82, 2.24) is 4.98 Å². The van der Waals surface area contributed by atoms with Crippen LogP contribution in [-0.2, 0) is 0 Å². The zero-order chi connectivity index (χ0) is 9.14. The van der Waals surface area contributed by atoms with Gasteiger partial charge in [-0.15, -0.1) is 0 Å². The van der Waals surface area contributed by atoms with Crippen LogP contribution in [0.1, 0.15) is 5.56 Å². The Morgan fingerprint density at radius 1 is 1.50 bits per heavy atom. The summed E-state index contributed by atoms with van der Waals surface area (Å²) in [6.45, 7) is -1.45. The number of aryl methyl sites for hydroxylation is 1. The standard InChI is InChI=1S/C7H6F3NO/c1-4-2-5(8)6(11-3-4)12-7(9)10/h2-3,7H,1H3. The monoisotopic (exact) mass is 177 g/mol. The van der Waals surface area contributed by atoms with Gasteiger partial charge in [-0.3, -0.25) is 0 Å². The number of alkyl halides is 2. The quantitative estimate of drug-likeness (QED) is 0.690. The fourth-order valence-electron chi connectivity index (χ4n) is 0.692. The van der Waals surface area contributed by atoms with Gasteiger partial charge in [0.25, 0.3) is 5.88 Å². The molecule has 1 rings (SSSR count). The maximum Gasteiger partial charge on any atom is 0.388 e. The fraction of sp³-hybridized carbons (Fsp3) is 0.286. The summed E-state index contributed by atoms with van der Waals surface area (Å²) in [7, 11) is 0. The summed E-state index contributed by atoms with van der Waals surface area (Å²) in [5, 5.41) is 0. The SMILES string of the molecule is Cc1cnc(OC(F)F)c(F)c1. The number of pyridine rings is 1. The van der Waals surface area contributed by atoms with Crippen molar-refractivity contribution in [3.63, 3.8) is 0 Å². The van der Waals surface area contributed by atoms with E-state index in [0.29, 0.717) is 5.56 Å². The summed E-state index contributed by atoms with van der Waals surface area (Å²) >= 11 is 0. The van der Waals surface area contributed by atoms with Gasteiger partial charge in [-0.2, -0.15) is 8.78 Å². The molecule has 0 aromatic carbocycles. The largest absolute Gasteiger partial charge is 0.414 e. The average Bonchev–Trinajstić information content (AvgIpc) is 1.94. The topological polar surface area (TPSA) is 22.1 Å². The van der Waals surface area contributed by atoms with Gasteiger partial charge in [-0.1, -0.05) is 0 Å². The van der Waals surface area contributed by atoms with Crippen LogP contribution in [0.25, 0.3) is 0 Å². The van der Waals surface area contributed by atoms with Crippen LogP contribution in [0.5, 0.6) is 5.88 Å². The average molecular weight is 177 g/mol. The third-order valence-corrected chi connectivity index (χ3v) is 1.14. The maximum absolute atomic E-state index is 12.7. The Balaban J connectivity index is 2.86. The molecule has 0 radical (unpaired) electrons. The molecule has 1 aromatic heterocycles. The molecule has 0 aliphatic rings. The normalized spacial score (nSPS) is 10.4. The minimum Gasteiger partial charge on any atom is -0.414 e. The molecule has 2 nitrogen and oxygen atoms in total.